The average Bonchev–Trinajstić information content (AvgIpc) is 2.84. The summed E-state index contributed by atoms with van der Waals surface area (Å²) < 4.78 is 1.09. The van der Waals surface area contributed by atoms with E-state index in [9.17, 15) is 0 Å². The van der Waals surface area contributed by atoms with Gasteiger partial charge in [0.05, 0.1) is 10.7 Å². The van der Waals surface area contributed by atoms with Crippen LogP contribution >= 0.6 is 27.3 Å². The van der Waals surface area contributed by atoms with Crippen molar-refractivity contribution in [3.8, 4) is 11.3 Å². The molecule has 4 heteroatoms. The lowest BCUT2D eigenvalue weighted by atomic mass is 9.93. The van der Waals surface area contributed by atoms with Gasteiger partial charge in [-0.3, -0.25) is 0 Å². The normalized spacial score (nSPS) is 12.9. The summed E-state index contributed by atoms with van der Waals surface area (Å²) >= 11 is 5.30. The highest BCUT2D eigenvalue weighted by Gasteiger charge is 2.15. The van der Waals surface area contributed by atoms with Crippen LogP contribution in [0.2, 0.25) is 0 Å². The van der Waals surface area contributed by atoms with E-state index in [-0.39, 0.29) is 0 Å². The smallest absolute Gasteiger partial charge is 0.0935 e. The lowest BCUT2D eigenvalue weighted by Gasteiger charge is -2.16. The minimum Gasteiger partial charge on any atom is -0.330 e. The van der Waals surface area contributed by atoms with Gasteiger partial charge in [0, 0.05) is 21.8 Å². The molecule has 2 rings (SSSR count). The molecule has 0 amide bonds. The maximum atomic E-state index is 5.83. The standard InChI is InChI=1S/C15H19BrN2S/c1-10(2)11(8-17)7-15-18-14(9-19-15)12-5-3-4-6-13(12)16/h3-6,9-11H,7-8,17H2,1-2H3. The molecule has 0 bridgehead atoms. The van der Waals surface area contributed by atoms with Gasteiger partial charge < -0.3 is 5.73 Å². The molecule has 2 N–H and O–H groups in total. The van der Waals surface area contributed by atoms with Gasteiger partial charge in [0.25, 0.3) is 0 Å². The SMILES string of the molecule is CC(C)C(CN)Cc1nc(-c2ccccc2Br)cs1. The van der Waals surface area contributed by atoms with Crippen LogP contribution in [0.5, 0.6) is 0 Å². The number of nitrogens with two attached hydrogens (primary N) is 1. The number of hydrogen-bond acceptors (Lipinski definition) is 3. The first-order valence-corrected chi connectivity index (χ1v) is 8.18. The van der Waals surface area contributed by atoms with Crippen LogP contribution in [0.25, 0.3) is 11.3 Å². The second-order valence-corrected chi connectivity index (χ2v) is 6.85. The van der Waals surface area contributed by atoms with Crippen molar-refractivity contribution in [3.05, 3.63) is 39.1 Å². The quantitative estimate of drug-likeness (QED) is 0.880. The summed E-state index contributed by atoms with van der Waals surface area (Å²) in [4.78, 5) is 4.74. The van der Waals surface area contributed by atoms with E-state index in [0.717, 1.165) is 28.7 Å². The van der Waals surface area contributed by atoms with Crippen molar-refractivity contribution in [2.45, 2.75) is 20.3 Å². The van der Waals surface area contributed by atoms with Gasteiger partial charge in [-0.25, -0.2) is 4.98 Å². The van der Waals surface area contributed by atoms with Crippen LogP contribution in [-0.4, -0.2) is 11.5 Å². The second kappa shape index (κ2) is 6.64. The van der Waals surface area contributed by atoms with Crippen LogP contribution in [0.4, 0.5) is 0 Å². The summed E-state index contributed by atoms with van der Waals surface area (Å²) in [7, 11) is 0. The fourth-order valence-electron chi connectivity index (χ4n) is 2.01. The van der Waals surface area contributed by atoms with Gasteiger partial charge in [0.15, 0.2) is 0 Å². The van der Waals surface area contributed by atoms with Gasteiger partial charge >= 0.3 is 0 Å². The molecule has 0 aliphatic heterocycles. The van der Waals surface area contributed by atoms with E-state index in [1.54, 1.807) is 11.3 Å². The first-order chi connectivity index (χ1) is 9.11. The highest BCUT2D eigenvalue weighted by molar-refractivity contribution is 9.10. The van der Waals surface area contributed by atoms with Gasteiger partial charge in [0.1, 0.15) is 0 Å². The first-order valence-electron chi connectivity index (χ1n) is 6.51. The molecule has 1 unspecified atom stereocenters. The van der Waals surface area contributed by atoms with Crippen molar-refractivity contribution in [2.24, 2.45) is 17.6 Å². The third-order valence-electron chi connectivity index (χ3n) is 3.38. The lowest BCUT2D eigenvalue weighted by Crippen LogP contribution is -2.22. The lowest BCUT2D eigenvalue weighted by molar-refractivity contribution is 0.391. The molecule has 1 aromatic carbocycles. The maximum Gasteiger partial charge on any atom is 0.0935 e. The van der Waals surface area contributed by atoms with Crippen LogP contribution in [0.1, 0.15) is 18.9 Å². The van der Waals surface area contributed by atoms with Crippen LogP contribution < -0.4 is 5.73 Å². The van der Waals surface area contributed by atoms with Crippen LogP contribution in [0.15, 0.2) is 34.1 Å². The Morgan fingerprint density at radius 1 is 1.32 bits per heavy atom. The molecule has 2 nitrogen and oxygen atoms in total. The summed E-state index contributed by atoms with van der Waals surface area (Å²) in [5.74, 6) is 1.11. The van der Waals surface area contributed by atoms with Crippen molar-refractivity contribution in [1.29, 1.82) is 0 Å². The van der Waals surface area contributed by atoms with Crippen molar-refractivity contribution < 1.29 is 0 Å². The second-order valence-electron chi connectivity index (χ2n) is 5.05. The highest BCUT2D eigenvalue weighted by atomic mass is 79.9. The molecule has 0 spiro atoms. The van der Waals surface area contributed by atoms with Crippen LogP contribution in [0.3, 0.4) is 0 Å². The molecular weight excluding hydrogens is 320 g/mol. The molecule has 1 aromatic heterocycles. The van der Waals surface area contributed by atoms with Gasteiger partial charge in [-0.15, -0.1) is 11.3 Å². The van der Waals surface area contributed by atoms with Crippen molar-refractivity contribution in [1.82, 2.24) is 4.98 Å². The number of hydrogen-bond donors (Lipinski definition) is 1. The molecule has 0 saturated carbocycles. The minimum absolute atomic E-state index is 0.512. The van der Waals surface area contributed by atoms with E-state index in [1.807, 2.05) is 18.2 Å². The number of halogens is 1. The Morgan fingerprint density at radius 2 is 2.05 bits per heavy atom. The number of benzene rings is 1. The fourth-order valence-corrected chi connectivity index (χ4v) is 3.39. The number of rotatable bonds is 5. The molecular formula is C15H19BrN2S. The van der Waals surface area contributed by atoms with Crippen molar-refractivity contribution in [3.63, 3.8) is 0 Å². The summed E-state index contributed by atoms with van der Waals surface area (Å²) in [5.41, 5.74) is 8.03. The van der Waals surface area contributed by atoms with Crippen molar-refractivity contribution in [2.75, 3.05) is 6.54 Å². The Kier molecular flexibility index (Phi) is 5.13. The molecule has 0 fully saturated rings. The van der Waals surface area contributed by atoms with Crippen molar-refractivity contribution >= 4 is 27.3 Å². The molecule has 102 valence electrons. The van der Waals surface area contributed by atoms with E-state index in [4.69, 9.17) is 10.7 Å². The average molecular weight is 339 g/mol. The zero-order valence-corrected chi connectivity index (χ0v) is 13.7. The first kappa shape index (κ1) is 14.7. The van der Waals surface area contributed by atoms with Crippen LogP contribution in [0, 0.1) is 11.8 Å². The maximum absolute atomic E-state index is 5.83. The third kappa shape index (κ3) is 3.65. The van der Waals surface area contributed by atoms with E-state index in [1.165, 1.54) is 5.01 Å². The molecule has 0 aliphatic carbocycles. The largest absolute Gasteiger partial charge is 0.330 e. The predicted molar refractivity (Wildman–Crippen MR) is 86.3 cm³/mol. The van der Waals surface area contributed by atoms with E-state index < -0.39 is 0 Å². The summed E-state index contributed by atoms with van der Waals surface area (Å²) in [6.45, 7) is 5.17. The summed E-state index contributed by atoms with van der Waals surface area (Å²) in [6, 6.07) is 8.19. The van der Waals surface area contributed by atoms with Gasteiger partial charge in [-0.2, -0.15) is 0 Å². The molecule has 2 aromatic rings. The monoisotopic (exact) mass is 338 g/mol. The molecule has 19 heavy (non-hydrogen) atoms. The Morgan fingerprint density at radius 3 is 2.68 bits per heavy atom. The molecule has 0 aliphatic rings. The molecule has 1 atom stereocenters. The van der Waals surface area contributed by atoms with Gasteiger partial charge in [-0.05, 0) is 24.4 Å². The Bertz CT molecular complexity index is 536. The van der Waals surface area contributed by atoms with Crippen LogP contribution in [-0.2, 0) is 6.42 Å². The fraction of sp³-hybridized carbons (Fsp3) is 0.400. The predicted octanol–water partition coefficient (Wildman–Crippen LogP) is 4.35. The summed E-state index contributed by atoms with van der Waals surface area (Å²) in [6.07, 6.45) is 0.975. The third-order valence-corrected chi connectivity index (χ3v) is 4.95. The topological polar surface area (TPSA) is 38.9 Å². The molecule has 0 radical (unpaired) electrons. The Labute approximate surface area is 127 Å². The zero-order valence-electron chi connectivity index (χ0n) is 11.3. The number of aromatic nitrogens is 1. The van der Waals surface area contributed by atoms with E-state index in [0.29, 0.717) is 11.8 Å². The Balaban J connectivity index is 2.18. The summed E-state index contributed by atoms with van der Waals surface area (Å²) in [5, 5.41) is 3.30. The molecule has 1 heterocycles. The number of nitrogens with zero attached hydrogens (tertiary/aromatic N) is 1. The minimum atomic E-state index is 0.512. The van der Waals surface area contributed by atoms with Gasteiger partial charge in [0.2, 0.25) is 0 Å². The van der Waals surface area contributed by atoms with E-state index in [2.05, 4.69) is 41.2 Å². The van der Waals surface area contributed by atoms with Gasteiger partial charge in [-0.1, -0.05) is 48.0 Å². The zero-order chi connectivity index (χ0) is 13.8. The molecule has 0 saturated heterocycles. The highest BCUT2D eigenvalue weighted by Crippen LogP contribution is 2.30. The van der Waals surface area contributed by atoms with E-state index >= 15 is 0 Å². The number of thiazole rings is 1. The Hall–Kier alpha value is -0.710.